The van der Waals surface area contributed by atoms with E-state index in [4.69, 9.17) is 13.9 Å². The van der Waals surface area contributed by atoms with Gasteiger partial charge in [-0.1, -0.05) is 0 Å². The van der Waals surface area contributed by atoms with Crippen molar-refractivity contribution in [3.63, 3.8) is 0 Å². The van der Waals surface area contributed by atoms with Gasteiger partial charge in [0.1, 0.15) is 17.4 Å². The van der Waals surface area contributed by atoms with E-state index in [9.17, 15) is 0 Å². The first-order chi connectivity index (χ1) is 15.9. The van der Waals surface area contributed by atoms with Crippen molar-refractivity contribution in [2.75, 3.05) is 52.5 Å². The molecule has 4 fully saturated rings. The number of aromatic nitrogens is 1. The molecule has 4 aliphatic heterocycles. The van der Waals surface area contributed by atoms with Gasteiger partial charge in [-0.15, -0.1) is 0 Å². The maximum Gasteiger partial charge on any atom is 0.173 e. The molecule has 7 heteroatoms. The third kappa shape index (κ3) is 2.98. The lowest BCUT2D eigenvalue weighted by Crippen LogP contribution is -2.75. The summed E-state index contributed by atoms with van der Waals surface area (Å²) in [6, 6.07) is 8.55. The van der Waals surface area contributed by atoms with Gasteiger partial charge in [-0.05, 0) is 69.5 Å². The van der Waals surface area contributed by atoms with Crippen LogP contribution in [0.4, 0.5) is 0 Å². The Morgan fingerprint density at radius 2 is 1.81 bits per heavy atom. The summed E-state index contributed by atoms with van der Waals surface area (Å²) in [5.41, 5.74) is 0.262. The fraction of sp³-hybridized carbons (Fsp3) is 0.680. The molecule has 4 aliphatic rings. The number of aromatic amines is 1. The van der Waals surface area contributed by atoms with Crippen LogP contribution in [0.1, 0.15) is 49.5 Å². The molecule has 0 aromatic carbocycles. The zero-order valence-electron chi connectivity index (χ0n) is 18.9. The number of hydrogen-bond donors (Lipinski definition) is 2. The van der Waals surface area contributed by atoms with Crippen LogP contribution >= 0.6 is 0 Å². The summed E-state index contributed by atoms with van der Waals surface area (Å²) in [7, 11) is 0. The fourth-order valence-electron chi connectivity index (χ4n) is 7.02. The van der Waals surface area contributed by atoms with E-state index in [1.165, 1.54) is 25.0 Å². The van der Waals surface area contributed by atoms with Crippen molar-refractivity contribution in [2.45, 2.75) is 55.4 Å². The normalized spacial score (nSPS) is 37.2. The molecule has 2 aromatic rings. The molecule has 32 heavy (non-hydrogen) atoms. The lowest BCUT2D eigenvalue weighted by Gasteiger charge is -2.59. The van der Waals surface area contributed by atoms with E-state index in [0.717, 1.165) is 64.5 Å². The molecule has 0 radical (unpaired) electrons. The topological polar surface area (TPSA) is 65.9 Å². The minimum absolute atomic E-state index is 0.0261. The van der Waals surface area contributed by atoms with Crippen LogP contribution in [0.15, 0.2) is 41.1 Å². The minimum atomic E-state index is -0.567. The molecule has 6 heterocycles. The molecule has 6 rings (SSSR count). The Morgan fingerprint density at radius 3 is 2.50 bits per heavy atom. The molecule has 0 aliphatic carbocycles. The molecule has 4 atom stereocenters. The largest absolute Gasteiger partial charge is 0.469 e. The Kier molecular flexibility index (Phi) is 5.63. The number of ether oxygens (including phenoxy) is 2. The van der Waals surface area contributed by atoms with Gasteiger partial charge < -0.3 is 24.2 Å². The van der Waals surface area contributed by atoms with Gasteiger partial charge in [0.2, 0.25) is 0 Å². The standard InChI is InChI=1S/C25H36N4O3/c1-4-17-31-23(9-1)25(29-15-11-26-12-16-29)24(22-8-5-10-27-22,28-13-2-3-14-28)20(19-32-25)21-7-6-18-30-21/h5-8,10,18,20,23,26-27H,1-4,9,11-17,19H2. The smallest absolute Gasteiger partial charge is 0.173 e. The number of piperazine rings is 1. The SMILES string of the molecule is c1c[nH]c(C2(N3CCCC3)C(c3ccco3)COC2(C2CCCCO2)N2CCNCC2)c1. The van der Waals surface area contributed by atoms with E-state index in [2.05, 4.69) is 44.5 Å². The molecule has 2 aromatic heterocycles. The molecule has 2 N–H and O–H groups in total. The van der Waals surface area contributed by atoms with Crippen molar-refractivity contribution < 1.29 is 13.9 Å². The maximum absolute atomic E-state index is 7.16. The van der Waals surface area contributed by atoms with Crippen LogP contribution in [0.5, 0.6) is 0 Å². The number of hydrogen-bond acceptors (Lipinski definition) is 6. The van der Waals surface area contributed by atoms with E-state index >= 15 is 0 Å². The summed E-state index contributed by atoms with van der Waals surface area (Å²) >= 11 is 0. The molecular weight excluding hydrogens is 404 g/mol. The third-order valence-electron chi connectivity index (χ3n) is 8.22. The number of nitrogens with zero attached hydrogens (tertiary/aromatic N) is 2. The quantitative estimate of drug-likeness (QED) is 0.745. The summed E-state index contributed by atoms with van der Waals surface area (Å²) < 4.78 is 19.9. The van der Waals surface area contributed by atoms with Gasteiger partial charge in [0, 0.05) is 44.7 Å². The minimum Gasteiger partial charge on any atom is -0.469 e. The molecule has 0 amide bonds. The van der Waals surface area contributed by atoms with E-state index in [0.29, 0.717) is 6.61 Å². The van der Waals surface area contributed by atoms with Crippen LogP contribution in [-0.2, 0) is 15.0 Å². The summed E-state index contributed by atoms with van der Waals surface area (Å²) in [4.78, 5) is 8.98. The number of nitrogens with one attached hydrogen (secondary N) is 2. The van der Waals surface area contributed by atoms with E-state index in [1.807, 2.05) is 6.07 Å². The molecule has 0 spiro atoms. The van der Waals surface area contributed by atoms with E-state index in [1.54, 1.807) is 6.26 Å². The lowest BCUT2D eigenvalue weighted by atomic mass is 9.68. The number of H-pyrrole nitrogens is 1. The number of furan rings is 1. The monoisotopic (exact) mass is 440 g/mol. The van der Waals surface area contributed by atoms with Crippen molar-refractivity contribution in [3.05, 3.63) is 48.2 Å². The van der Waals surface area contributed by atoms with Gasteiger partial charge in [-0.2, -0.15) is 0 Å². The second kappa shape index (κ2) is 8.61. The van der Waals surface area contributed by atoms with Crippen LogP contribution in [0.25, 0.3) is 0 Å². The van der Waals surface area contributed by atoms with Gasteiger partial charge in [0.25, 0.3) is 0 Å². The average Bonchev–Trinajstić information content (AvgIpc) is 3.65. The van der Waals surface area contributed by atoms with Crippen LogP contribution in [0, 0.1) is 0 Å². The number of rotatable bonds is 5. The van der Waals surface area contributed by atoms with Crippen LogP contribution in [0.2, 0.25) is 0 Å². The summed E-state index contributed by atoms with van der Waals surface area (Å²) in [6.07, 6.45) is 9.69. The van der Waals surface area contributed by atoms with Crippen molar-refractivity contribution >= 4 is 0 Å². The molecule has 174 valence electrons. The second-order valence-electron chi connectivity index (χ2n) is 9.71. The summed E-state index contributed by atoms with van der Waals surface area (Å²) in [5.74, 6) is 1.11. The first-order valence-electron chi connectivity index (χ1n) is 12.5. The molecule has 0 saturated carbocycles. The predicted octanol–water partition coefficient (Wildman–Crippen LogP) is 2.88. The second-order valence-corrected chi connectivity index (χ2v) is 9.71. The molecule has 0 bridgehead atoms. The highest BCUT2D eigenvalue weighted by atomic mass is 16.6. The van der Waals surface area contributed by atoms with Crippen LogP contribution in [-0.4, -0.2) is 79.1 Å². The molecule has 4 saturated heterocycles. The average molecular weight is 441 g/mol. The number of likely N-dealkylation sites (tertiary alicyclic amines) is 1. The summed E-state index contributed by atoms with van der Waals surface area (Å²) in [6.45, 7) is 7.46. The van der Waals surface area contributed by atoms with Crippen molar-refractivity contribution in [1.82, 2.24) is 20.1 Å². The third-order valence-corrected chi connectivity index (χ3v) is 8.22. The van der Waals surface area contributed by atoms with Crippen molar-refractivity contribution in [1.29, 1.82) is 0 Å². The lowest BCUT2D eigenvalue weighted by molar-refractivity contribution is -0.264. The fourth-order valence-corrected chi connectivity index (χ4v) is 7.02. The first kappa shape index (κ1) is 20.9. The predicted molar refractivity (Wildman–Crippen MR) is 121 cm³/mol. The first-order valence-corrected chi connectivity index (χ1v) is 12.5. The molecular formula is C25H36N4O3. The highest BCUT2D eigenvalue weighted by molar-refractivity contribution is 5.35. The van der Waals surface area contributed by atoms with Crippen LogP contribution < -0.4 is 5.32 Å². The molecule has 4 unspecified atom stereocenters. The van der Waals surface area contributed by atoms with Crippen LogP contribution in [0.3, 0.4) is 0 Å². The van der Waals surface area contributed by atoms with Gasteiger partial charge in [-0.25, -0.2) is 0 Å². The van der Waals surface area contributed by atoms with Gasteiger partial charge in [0.15, 0.2) is 5.72 Å². The Balaban J connectivity index is 1.60. The van der Waals surface area contributed by atoms with E-state index < -0.39 is 11.3 Å². The Morgan fingerprint density at radius 1 is 0.938 bits per heavy atom. The highest BCUT2D eigenvalue weighted by Crippen LogP contribution is 2.60. The zero-order valence-corrected chi connectivity index (χ0v) is 18.9. The van der Waals surface area contributed by atoms with Gasteiger partial charge in [-0.3, -0.25) is 9.80 Å². The van der Waals surface area contributed by atoms with Crippen molar-refractivity contribution in [3.8, 4) is 0 Å². The maximum atomic E-state index is 7.16. The van der Waals surface area contributed by atoms with Gasteiger partial charge >= 0.3 is 0 Å². The summed E-state index contributed by atoms with van der Waals surface area (Å²) in [5, 5.41) is 3.55. The van der Waals surface area contributed by atoms with Gasteiger partial charge in [0.05, 0.1) is 18.8 Å². The molecule has 7 nitrogen and oxygen atoms in total. The Labute approximate surface area is 190 Å². The Hall–Kier alpha value is -1.64. The zero-order chi connectivity index (χ0) is 21.4. The van der Waals surface area contributed by atoms with Crippen molar-refractivity contribution in [2.24, 2.45) is 0 Å². The Bertz CT molecular complexity index is 834. The van der Waals surface area contributed by atoms with E-state index in [-0.39, 0.29) is 12.0 Å². The highest BCUT2D eigenvalue weighted by Gasteiger charge is 2.72.